The molecule has 3 rings (SSSR count). The second kappa shape index (κ2) is 13.3. The van der Waals surface area contributed by atoms with Crippen LogP contribution in [-0.4, -0.2) is 25.3 Å². The van der Waals surface area contributed by atoms with E-state index in [-0.39, 0.29) is 5.91 Å². The zero-order valence-corrected chi connectivity index (χ0v) is 20.2. The smallest absolute Gasteiger partial charge is 0.271 e. The highest BCUT2D eigenvalue weighted by Gasteiger charge is 2.08. The number of nitrogens with zero attached hydrogens (tertiary/aromatic N) is 1. The van der Waals surface area contributed by atoms with Crippen molar-refractivity contribution in [2.24, 2.45) is 5.10 Å². The SMILES string of the molecule is CCCCOc1ccc(C(=O)N/N=C\c2ccc(OCc3ccc(Cl)cc3)c(OCC)c2)cc1. The number of hydrazone groups is 1. The summed E-state index contributed by atoms with van der Waals surface area (Å²) in [5.41, 5.74) is 4.81. The topological polar surface area (TPSA) is 69.2 Å². The molecule has 178 valence electrons. The first-order valence-corrected chi connectivity index (χ1v) is 11.7. The monoisotopic (exact) mass is 480 g/mol. The molecule has 1 amide bonds. The molecule has 34 heavy (non-hydrogen) atoms. The normalized spacial score (nSPS) is 10.8. The van der Waals surface area contributed by atoms with Crippen molar-refractivity contribution in [2.45, 2.75) is 33.3 Å². The minimum absolute atomic E-state index is 0.302. The van der Waals surface area contributed by atoms with Crippen molar-refractivity contribution in [2.75, 3.05) is 13.2 Å². The van der Waals surface area contributed by atoms with Crippen LogP contribution in [0.2, 0.25) is 5.02 Å². The number of benzene rings is 3. The first kappa shape index (κ1) is 25.1. The van der Waals surface area contributed by atoms with E-state index in [0.29, 0.717) is 41.9 Å². The van der Waals surface area contributed by atoms with Gasteiger partial charge in [-0.3, -0.25) is 4.79 Å². The Kier molecular flexibility index (Phi) is 9.80. The van der Waals surface area contributed by atoms with Gasteiger partial charge in [0.25, 0.3) is 5.91 Å². The third-order valence-electron chi connectivity index (χ3n) is 4.84. The highest BCUT2D eigenvalue weighted by Crippen LogP contribution is 2.29. The molecular formula is C27H29ClN2O4. The van der Waals surface area contributed by atoms with Gasteiger partial charge in [-0.2, -0.15) is 5.10 Å². The zero-order chi connectivity index (χ0) is 24.2. The van der Waals surface area contributed by atoms with E-state index >= 15 is 0 Å². The number of amides is 1. The molecule has 0 radical (unpaired) electrons. The second-order valence-electron chi connectivity index (χ2n) is 7.48. The maximum absolute atomic E-state index is 12.4. The van der Waals surface area contributed by atoms with Crippen LogP contribution in [0.15, 0.2) is 71.8 Å². The number of halogens is 1. The minimum Gasteiger partial charge on any atom is -0.494 e. The van der Waals surface area contributed by atoms with Gasteiger partial charge in [-0.05, 0) is 79.1 Å². The lowest BCUT2D eigenvalue weighted by atomic mass is 10.2. The van der Waals surface area contributed by atoms with Gasteiger partial charge in [0.15, 0.2) is 11.5 Å². The predicted molar refractivity (Wildman–Crippen MR) is 135 cm³/mol. The summed E-state index contributed by atoms with van der Waals surface area (Å²) in [6.07, 6.45) is 3.63. The summed E-state index contributed by atoms with van der Waals surface area (Å²) in [6.45, 7) is 5.57. The predicted octanol–water partition coefficient (Wildman–Crippen LogP) is 6.26. The fraction of sp³-hybridized carbons (Fsp3) is 0.259. The number of hydrogen-bond acceptors (Lipinski definition) is 5. The van der Waals surface area contributed by atoms with Crippen LogP contribution in [0.4, 0.5) is 0 Å². The van der Waals surface area contributed by atoms with Crippen molar-refractivity contribution in [1.82, 2.24) is 5.43 Å². The molecular weight excluding hydrogens is 452 g/mol. The Labute approximate surface area is 205 Å². The molecule has 0 heterocycles. The average molecular weight is 481 g/mol. The summed E-state index contributed by atoms with van der Waals surface area (Å²) < 4.78 is 17.3. The molecule has 0 atom stereocenters. The number of unbranched alkanes of at least 4 members (excludes halogenated alkanes) is 1. The van der Waals surface area contributed by atoms with Gasteiger partial charge in [0.1, 0.15) is 12.4 Å². The molecule has 6 nitrogen and oxygen atoms in total. The summed E-state index contributed by atoms with van der Waals surface area (Å²) in [7, 11) is 0. The quantitative estimate of drug-likeness (QED) is 0.189. The van der Waals surface area contributed by atoms with E-state index in [1.165, 1.54) is 0 Å². The van der Waals surface area contributed by atoms with Crippen LogP contribution in [0.3, 0.4) is 0 Å². The van der Waals surface area contributed by atoms with Crippen molar-refractivity contribution >= 4 is 23.7 Å². The van der Waals surface area contributed by atoms with Crippen molar-refractivity contribution in [3.8, 4) is 17.2 Å². The van der Waals surface area contributed by atoms with Crippen LogP contribution in [0.1, 0.15) is 48.2 Å². The van der Waals surface area contributed by atoms with E-state index in [0.717, 1.165) is 29.7 Å². The molecule has 0 aliphatic carbocycles. The van der Waals surface area contributed by atoms with Crippen LogP contribution in [0.25, 0.3) is 0 Å². The van der Waals surface area contributed by atoms with Crippen LogP contribution in [-0.2, 0) is 6.61 Å². The molecule has 0 unspecified atom stereocenters. The molecule has 0 fully saturated rings. The number of hydrogen-bond donors (Lipinski definition) is 1. The fourth-order valence-corrected chi connectivity index (χ4v) is 3.13. The lowest BCUT2D eigenvalue weighted by Gasteiger charge is -2.12. The van der Waals surface area contributed by atoms with Crippen molar-refractivity contribution in [3.63, 3.8) is 0 Å². The van der Waals surface area contributed by atoms with Crippen LogP contribution >= 0.6 is 11.6 Å². The fourth-order valence-electron chi connectivity index (χ4n) is 3.00. The van der Waals surface area contributed by atoms with Crippen molar-refractivity contribution in [1.29, 1.82) is 0 Å². The van der Waals surface area contributed by atoms with Gasteiger partial charge in [-0.25, -0.2) is 5.43 Å². The maximum atomic E-state index is 12.4. The summed E-state index contributed by atoms with van der Waals surface area (Å²) >= 11 is 5.93. The van der Waals surface area contributed by atoms with Crippen LogP contribution in [0.5, 0.6) is 17.2 Å². The average Bonchev–Trinajstić information content (AvgIpc) is 2.85. The van der Waals surface area contributed by atoms with Gasteiger partial charge >= 0.3 is 0 Å². The van der Waals surface area contributed by atoms with Crippen LogP contribution in [0, 0.1) is 0 Å². The molecule has 1 N–H and O–H groups in total. The Hall–Kier alpha value is -3.51. The largest absolute Gasteiger partial charge is 0.494 e. The number of carbonyl (C=O) groups is 1. The van der Waals surface area contributed by atoms with E-state index < -0.39 is 0 Å². The number of nitrogens with one attached hydrogen (secondary N) is 1. The van der Waals surface area contributed by atoms with E-state index in [9.17, 15) is 4.79 Å². The van der Waals surface area contributed by atoms with Gasteiger partial charge < -0.3 is 14.2 Å². The van der Waals surface area contributed by atoms with E-state index in [4.69, 9.17) is 25.8 Å². The third kappa shape index (κ3) is 7.81. The van der Waals surface area contributed by atoms with E-state index in [2.05, 4.69) is 17.5 Å². The Morgan fingerprint density at radius 2 is 1.71 bits per heavy atom. The molecule has 0 saturated carbocycles. The zero-order valence-electron chi connectivity index (χ0n) is 19.4. The molecule has 0 aliphatic rings. The number of rotatable bonds is 12. The molecule has 0 aliphatic heterocycles. The molecule has 0 aromatic heterocycles. The summed E-state index contributed by atoms with van der Waals surface area (Å²) in [5.74, 6) is 1.67. The summed E-state index contributed by atoms with van der Waals surface area (Å²) in [6, 6.07) is 20.0. The molecule has 3 aromatic rings. The third-order valence-corrected chi connectivity index (χ3v) is 5.09. The molecule has 0 bridgehead atoms. The Morgan fingerprint density at radius 1 is 0.941 bits per heavy atom. The molecule has 0 spiro atoms. The number of ether oxygens (including phenoxy) is 3. The lowest BCUT2D eigenvalue weighted by molar-refractivity contribution is 0.0955. The molecule has 3 aromatic carbocycles. The second-order valence-corrected chi connectivity index (χ2v) is 7.92. The van der Waals surface area contributed by atoms with Crippen LogP contribution < -0.4 is 19.6 Å². The van der Waals surface area contributed by atoms with Gasteiger partial charge in [0.2, 0.25) is 0 Å². The molecule has 7 heteroatoms. The van der Waals surface area contributed by atoms with E-state index in [1.54, 1.807) is 30.5 Å². The van der Waals surface area contributed by atoms with Gasteiger partial charge in [-0.15, -0.1) is 0 Å². The Bertz CT molecular complexity index is 1080. The first-order valence-electron chi connectivity index (χ1n) is 11.3. The Morgan fingerprint density at radius 3 is 2.41 bits per heavy atom. The maximum Gasteiger partial charge on any atom is 0.271 e. The highest BCUT2D eigenvalue weighted by atomic mass is 35.5. The summed E-state index contributed by atoms with van der Waals surface area (Å²) in [5, 5.41) is 4.75. The van der Waals surface area contributed by atoms with Gasteiger partial charge in [-0.1, -0.05) is 37.1 Å². The minimum atomic E-state index is -0.302. The van der Waals surface area contributed by atoms with E-state index in [1.807, 2.05) is 49.4 Å². The highest BCUT2D eigenvalue weighted by molar-refractivity contribution is 6.30. The van der Waals surface area contributed by atoms with Crippen molar-refractivity contribution < 1.29 is 19.0 Å². The lowest BCUT2D eigenvalue weighted by Crippen LogP contribution is -2.17. The standard InChI is InChI=1S/C27H29ClN2O4/c1-3-5-16-33-24-13-9-22(10-14-24)27(31)30-29-18-21-8-15-25(26(17-21)32-4-2)34-19-20-6-11-23(28)12-7-20/h6-15,17-18H,3-5,16,19H2,1-2H3,(H,30,31)/b29-18-. The Balaban J connectivity index is 1.57. The van der Waals surface area contributed by atoms with Gasteiger partial charge in [0.05, 0.1) is 19.4 Å². The number of carbonyl (C=O) groups excluding carboxylic acids is 1. The summed E-state index contributed by atoms with van der Waals surface area (Å²) in [4.78, 5) is 12.4. The first-order chi connectivity index (χ1) is 16.6. The van der Waals surface area contributed by atoms with Crippen molar-refractivity contribution in [3.05, 3.63) is 88.4 Å². The van der Waals surface area contributed by atoms with Gasteiger partial charge in [0, 0.05) is 10.6 Å². The molecule has 0 saturated heterocycles.